The summed E-state index contributed by atoms with van der Waals surface area (Å²) in [5.74, 6) is -0.0737. The first-order valence-corrected chi connectivity index (χ1v) is 9.10. The Balaban J connectivity index is 2.03. The van der Waals surface area contributed by atoms with Crippen molar-refractivity contribution in [3.8, 4) is 0 Å². The van der Waals surface area contributed by atoms with Gasteiger partial charge in [-0.1, -0.05) is 28.9 Å². The molecule has 0 saturated heterocycles. The highest BCUT2D eigenvalue weighted by Gasteiger charge is 2.23. The lowest BCUT2D eigenvalue weighted by atomic mass is 10.3. The Morgan fingerprint density at radius 1 is 1.23 bits per heavy atom. The summed E-state index contributed by atoms with van der Waals surface area (Å²) in [6.07, 6.45) is 4.05. The SMILES string of the molecule is Cc1noc(C=Cc2cccn2S(=O)(=O)c2ccccc2Cl)c1[N+](=O)[O-]. The molecule has 0 N–H and O–H groups in total. The fourth-order valence-corrected chi connectivity index (χ4v) is 4.20. The molecule has 2 aromatic heterocycles. The molecule has 0 fully saturated rings. The molecule has 2 heterocycles. The van der Waals surface area contributed by atoms with Crippen LogP contribution in [0.4, 0.5) is 5.69 Å². The van der Waals surface area contributed by atoms with E-state index in [2.05, 4.69) is 5.16 Å². The second-order valence-electron chi connectivity index (χ2n) is 5.24. The van der Waals surface area contributed by atoms with Gasteiger partial charge in [0.15, 0.2) is 5.69 Å². The van der Waals surface area contributed by atoms with E-state index < -0.39 is 14.9 Å². The second-order valence-corrected chi connectivity index (χ2v) is 7.43. The fourth-order valence-electron chi connectivity index (χ4n) is 2.36. The van der Waals surface area contributed by atoms with Crippen LogP contribution in [-0.4, -0.2) is 22.5 Å². The summed E-state index contributed by atoms with van der Waals surface area (Å²) in [5.41, 5.74) is 0.135. The number of rotatable bonds is 5. The number of nitro groups is 1. The number of halogens is 1. The van der Waals surface area contributed by atoms with Crippen molar-refractivity contribution in [1.82, 2.24) is 9.13 Å². The molecule has 0 unspecified atom stereocenters. The number of nitrogens with zero attached hydrogens (tertiary/aromatic N) is 3. The minimum atomic E-state index is -3.93. The van der Waals surface area contributed by atoms with Gasteiger partial charge in [0, 0.05) is 6.20 Å². The molecule has 10 heteroatoms. The van der Waals surface area contributed by atoms with Crippen LogP contribution in [0.1, 0.15) is 17.1 Å². The monoisotopic (exact) mass is 393 g/mol. The van der Waals surface area contributed by atoms with E-state index in [4.69, 9.17) is 16.1 Å². The van der Waals surface area contributed by atoms with Crippen molar-refractivity contribution >= 4 is 39.5 Å². The van der Waals surface area contributed by atoms with Gasteiger partial charge in [-0.3, -0.25) is 10.1 Å². The summed E-state index contributed by atoms with van der Waals surface area (Å²) >= 11 is 6.00. The van der Waals surface area contributed by atoms with E-state index in [-0.39, 0.29) is 32.8 Å². The van der Waals surface area contributed by atoms with E-state index >= 15 is 0 Å². The molecule has 26 heavy (non-hydrogen) atoms. The van der Waals surface area contributed by atoms with E-state index in [1.54, 1.807) is 18.2 Å². The number of aryl methyl sites for hydroxylation is 1. The molecule has 3 rings (SSSR count). The first kappa shape index (κ1) is 17.9. The Hall–Kier alpha value is -2.91. The van der Waals surface area contributed by atoms with Gasteiger partial charge in [-0.25, -0.2) is 12.4 Å². The highest BCUT2D eigenvalue weighted by molar-refractivity contribution is 7.90. The van der Waals surface area contributed by atoms with Crippen LogP contribution in [0, 0.1) is 17.0 Å². The van der Waals surface area contributed by atoms with E-state index in [9.17, 15) is 18.5 Å². The number of benzene rings is 1. The summed E-state index contributed by atoms with van der Waals surface area (Å²) in [7, 11) is -3.93. The minimum Gasteiger partial charge on any atom is -0.349 e. The summed E-state index contributed by atoms with van der Waals surface area (Å²) in [6, 6.07) is 9.15. The molecule has 0 aliphatic heterocycles. The van der Waals surface area contributed by atoms with Gasteiger partial charge in [0.05, 0.1) is 15.6 Å². The van der Waals surface area contributed by atoms with Crippen molar-refractivity contribution in [2.45, 2.75) is 11.8 Å². The van der Waals surface area contributed by atoms with Crippen LogP contribution in [-0.2, 0) is 10.0 Å². The van der Waals surface area contributed by atoms with E-state index in [0.29, 0.717) is 0 Å². The van der Waals surface area contributed by atoms with Gasteiger partial charge in [0.2, 0.25) is 5.76 Å². The smallest absolute Gasteiger partial charge is 0.338 e. The summed E-state index contributed by atoms with van der Waals surface area (Å²) < 4.78 is 31.6. The maximum Gasteiger partial charge on any atom is 0.338 e. The van der Waals surface area contributed by atoms with Gasteiger partial charge in [-0.15, -0.1) is 0 Å². The van der Waals surface area contributed by atoms with Gasteiger partial charge in [0.25, 0.3) is 10.0 Å². The van der Waals surface area contributed by atoms with Crippen molar-refractivity contribution in [2.24, 2.45) is 0 Å². The Labute approximate surface area is 153 Å². The van der Waals surface area contributed by atoms with Crippen LogP contribution in [0.25, 0.3) is 12.2 Å². The summed E-state index contributed by atoms with van der Waals surface area (Å²) in [6.45, 7) is 1.45. The van der Waals surface area contributed by atoms with Crippen molar-refractivity contribution in [3.05, 3.63) is 74.9 Å². The van der Waals surface area contributed by atoms with E-state index in [0.717, 1.165) is 3.97 Å². The molecular weight excluding hydrogens is 382 g/mol. The molecule has 3 aromatic rings. The van der Waals surface area contributed by atoms with Crippen LogP contribution in [0.3, 0.4) is 0 Å². The van der Waals surface area contributed by atoms with Crippen LogP contribution in [0.5, 0.6) is 0 Å². The third-order valence-corrected chi connectivity index (χ3v) is 5.77. The summed E-state index contributed by atoms with van der Waals surface area (Å²) in [4.78, 5) is 10.4. The number of hydrogen-bond donors (Lipinski definition) is 0. The molecule has 134 valence electrons. The molecule has 1 aromatic carbocycles. The zero-order valence-electron chi connectivity index (χ0n) is 13.4. The van der Waals surface area contributed by atoms with Gasteiger partial charge in [-0.05, 0) is 43.3 Å². The van der Waals surface area contributed by atoms with Crippen molar-refractivity contribution in [1.29, 1.82) is 0 Å². The maximum atomic E-state index is 12.8. The molecule has 0 atom stereocenters. The fraction of sp³-hybridized carbons (Fsp3) is 0.0625. The third kappa shape index (κ3) is 3.14. The van der Waals surface area contributed by atoms with Crippen LogP contribution < -0.4 is 0 Å². The molecule has 8 nitrogen and oxygen atoms in total. The Morgan fingerprint density at radius 2 is 1.96 bits per heavy atom. The number of hydrogen-bond acceptors (Lipinski definition) is 6. The van der Waals surface area contributed by atoms with Gasteiger partial charge >= 0.3 is 5.69 Å². The number of aromatic nitrogens is 2. The first-order chi connectivity index (χ1) is 12.3. The van der Waals surface area contributed by atoms with Crippen LogP contribution >= 0.6 is 11.6 Å². The highest BCUT2D eigenvalue weighted by atomic mass is 35.5. The first-order valence-electron chi connectivity index (χ1n) is 7.28. The Kier molecular flexibility index (Phi) is 4.66. The lowest BCUT2D eigenvalue weighted by molar-refractivity contribution is -0.386. The molecule has 0 bridgehead atoms. The normalized spacial score (nSPS) is 11.9. The van der Waals surface area contributed by atoms with Gasteiger partial charge in [-0.2, -0.15) is 0 Å². The molecule has 0 saturated carbocycles. The molecular formula is C16H12ClN3O5S. The van der Waals surface area contributed by atoms with E-state index in [1.165, 1.54) is 43.5 Å². The van der Waals surface area contributed by atoms with E-state index in [1.807, 2.05) is 0 Å². The zero-order chi connectivity index (χ0) is 18.9. The lowest BCUT2D eigenvalue weighted by Crippen LogP contribution is -2.13. The molecule has 0 aliphatic carbocycles. The lowest BCUT2D eigenvalue weighted by Gasteiger charge is -2.09. The van der Waals surface area contributed by atoms with Crippen molar-refractivity contribution in [2.75, 3.05) is 0 Å². The average molecular weight is 394 g/mol. The molecule has 0 spiro atoms. The zero-order valence-corrected chi connectivity index (χ0v) is 14.9. The highest BCUT2D eigenvalue weighted by Crippen LogP contribution is 2.27. The minimum absolute atomic E-state index is 0.0472. The topological polar surface area (TPSA) is 108 Å². The van der Waals surface area contributed by atoms with Gasteiger partial charge in [0.1, 0.15) is 4.90 Å². The quantitative estimate of drug-likeness (QED) is 0.482. The van der Waals surface area contributed by atoms with Crippen LogP contribution in [0.2, 0.25) is 5.02 Å². The predicted octanol–water partition coefficient (Wildman–Crippen LogP) is 3.75. The molecule has 0 amide bonds. The summed E-state index contributed by atoms with van der Waals surface area (Å²) in [5, 5.41) is 14.7. The molecule has 0 aliphatic rings. The largest absolute Gasteiger partial charge is 0.349 e. The van der Waals surface area contributed by atoms with Crippen molar-refractivity contribution in [3.63, 3.8) is 0 Å². The predicted molar refractivity (Wildman–Crippen MR) is 95.3 cm³/mol. The van der Waals surface area contributed by atoms with Crippen LogP contribution in [0.15, 0.2) is 52.0 Å². The second kappa shape index (κ2) is 6.77. The standard InChI is InChI=1S/C16H12ClN3O5S/c1-11-16(20(21)22)14(25-18-11)9-8-12-5-4-10-19(12)26(23,24)15-7-3-2-6-13(15)17/h2-10H,1H3. The average Bonchev–Trinajstić information content (AvgIpc) is 3.19. The maximum absolute atomic E-state index is 12.8. The van der Waals surface area contributed by atoms with Crippen molar-refractivity contribution < 1.29 is 17.9 Å². The van der Waals surface area contributed by atoms with Gasteiger partial charge < -0.3 is 4.52 Å². The molecule has 0 radical (unpaired) electrons. The Morgan fingerprint density at radius 3 is 2.65 bits per heavy atom. The third-order valence-electron chi connectivity index (χ3n) is 3.56. The Bertz CT molecular complexity index is 1110.